The highest BCUT2D eigenvalue weighted by Gasteiger charge is 2.15. The summed E-state index contributed by atoms with van der Waals surface area (Å²) in [5, 5.41) is 8.50. The number of carboxylic acid groups (broad SMARTS) is 1. The number of carbonyl (C=O) groups excluding carboxylic acids is 1. The van der Waals surface area contributed by atoms with Crippen molar-refractivity contribution in [2.75, 3.05) is 25.6 Å². The number of nitrogens with zero attached hydrogens (tertiary/aromatic N) is 1. The molecule has 1 aromatic carbocycles. The normalized spacial score (nSPS) is 10.8. The van der Waals surface area contributed by atoms with Gasteiger partial charge in [0.2, 0.25) is 0 Å². The largest absolute Gasteiger partial charge is 0.478 e. The van der Waals surface area contributed by atoms with Crippen molar-refractivity contribution < 1.29 is 19.1 Å². The topological polar surface area (TPSA) is 57.6 Å². The van der Waals surface area contributed by atoms with Crippen LogP contribution in [0.2, 0.25) is 0 Å². The van der Waals surface area contributed by atoms with Gasteiger partial charge >= 0.3 is 5.97 Å². The number of rotatable bonds is 6. The van der Waals surface area contributed by atoms with Crippen LogP contribution in [0, 0.1) is 5.82 Å². The molecule has 0 saturated heterocycles. The van der Waals surface area contributed by atoms with Crippen LogP contribution in [-0.4, -0.2) is 47.5 Å². The van der Waals surface area contributed by atoms with Crippen LogP contribution in [0.3, 0.4) is 0 Å². The number of carboxylic acids is 1. The van der Waals surface area contributed by atoms with Crippen LogP contribution in [0.1, 0.15) is 15.9 Å². The minimum Gasteiger partial charge on any atom is -0.478 e. The molecule has 0 aliphatic rings. The summed E-state index contributed by atoms with van der Waals surface area (Å²) in [5.74, 6) is -1.37. The highest BCUT2D eigenvalue weighted by Crippen LogP contribution is 2.14. The van der Waals surface area contributed by atoms with Crippen LogP contribution in [0.5, 0.6) is 0 Å². The van der Waals surface area contributed by atoms with Crippen molar-refractivity contribution in [3.8, 4) is 0 Å². The van der Waals surface area contributed by atoms with E-state index < -0.39 is 11.8 Å². The van der Waals surface area contributed by atoms with Gasteiger partial charge in [-0.25, -0.2) is 9.18 Å². The summed E-state index contributed by atoms with van der Waals surface area (Å²) < 4.78 is 13.9. The standard InChI is InChI=1S/C14H16FNO3S/c1-16(7-8-20-2)14(19)11-5-3-10(9-12(11)15)4-6-13(17)18/h3-6,9H,7-8H2,1-2H3,(H,17,18)/b6-4+. The Kier molecular flexibility index (Phi) is 6.24. The second kappa shape index (κ2) is 7.69. The molecule has 0 radical (unpaired) electrons. The van der Waals surface area contributed by atoms with Crippen LogP contribution in [0.15, 0.2) is 24.3 Å². The molecule has 20 heavy (non-hydrogen) atoms. The summed E-state index contributed by atoms with van der Waals surface area (Å²) in [7, 11) is 1.62. The fourth-order valence-electron chi connectivity index (χ4n) is 1.51. The zero-order chi connectivity index (χ0) is 15.1. The van der Waals surface area contributed by atoms with Gasteiger partial charge in [0.05, 0.1) is 5.56 Å². The molecule has 0 bridgehead atoms. The van der Waals surface area contributed by atoms with E-state index in [-0.39, 0.29) is 11.5 Å². The minimum atomic E-state index is -1.11. The molecule has 0 aromatic heterocycles. The molecule has 0 spiro atoms. The zero-order valence-electron chi connectivity index (χ0n) is 11.3. The Morgan fingerprint density at radius 3 is 2.70 bits per heavy atom. The van der Waals surface area contributed by atoms with Crippen molar-refractivity contribution in [1.29, 1.82) is 0 Å². The third-order valence-electron chi connectivity index (χ3n) is 2.62. The van der Waals surface area contributed by atoms with Crippen molar-refractivity contribution in [2.45, 2.75) is 0 Å². The number of hydrogen-bond donors (Lipinski definition) is 1. The summed E-state index contributed by atoms with van der Waals surface area (Å²) in [6.07, 6.45) is 4.13. The molecule has 1 rings (SSSR count). The quantitative estimate of drug-likeness (QED) is 0.819. The average Bonchev–Trinajstić information content (AvgIpc) is 2.41. The highest BCUT2D eigenvalue weighted by molar-refractivity contribution is 7.98. The molecule has 0 atom stereocenters. The Balaban J connectivity index is 2.87. The molecule has 0 fully saturated rings. The van der Waals surface area contributed by atoms with Gasteiger partial charge in [-0.05, 0) is 30.0 Å². The van der Waals surface area contributed by atoms with Crippen molar-refractivity contribution >= 4 is 29.7 Å². The van der Waals surface area contributed by atoms with Crippen LogP contribution in [0.25, 0.3) is 6.08 Å². The molecule has 1 aromatic rings. The lowest BCUT2D eigenvalue weighted by Gasteiger charge is -2.17. The molecule has 0 aliphatic carbocycles. The number of thioether (sulfide) groups is 1. The minimum absolute atomic E-state index is 0.0129. The Hall–Kier alpha value is -1.82. The lowest BCUT2D eigenvalue weighted by atomic mass is 10.1. The van der Waals surface area contributed by atoms with Crippen LogP contribution >= 0.6 is 11.8 Å². The van der Waals surface area contributed by atoms with Crippen LogP contribution in [0.4, 0.5) is 4.39 Å². The maximum Gasteiger partial charge on any atom is 0.328 e. The molecule has 0 unspecified atom stereocenters. The lowest BCUT2D eigenvalue weighted by molar-refractivity contribution is -0.131. The van der Waals surface area contributed by atoms with Crippen molar-refractivity contribution in [3.05, 3.63) is 41.2 Å². The Morgan fingerprint density at radius 2 is 2.15 bits per heavy atom. The van der Waals surface area contributed by atoms with E-state index in [0.717, 1.165) is 17.9 Å². The van der Waals surface area contributed by atoms with E-state index in [1.165, 1.54) is 23.1 Å². The van der Waals surface area contributed by atoms with E-state index in [1.807, 2.05) is 6.26 Å². The summed E-state index contributed by atoms with van der Waals surface area (Å²) >= 11 is 1.61. The Morgan fingerprint density at radius 1 is 1.45 bits per heavy atom. The smallest absolute Gasteiger partial charge is 0.328 e. The van der Waals surface area contributed by atoms with Crippen molar-refractivity contribution in [2.24, 2.45) is 0 Å². The summed E-state index contributed by atoms with van der Waals surface area (Å²) in [6, 6.07) is 4.03. The van der Waals surface area contributed by atoms with Crippen molar-refractivity contribution in [1.82, 2.24) is 4.90 Å². The van der Waals surface area contributed by atoms with E-state index in [1.54, 1.807) is 18.8 Å². The molecular weight excluding hydrogens is 281 g/mol. The van der Waals surface area contributed by atoms with Crippen LogP contribution < -0.4 is 0 Å². The third-order valence-corrected chi connectivity index (χ3v) is 3.21. The SMILES string of the molecule is CSCCN(C)C(=O)c1ccc(/C=C/C(=O)O)cc1F. The molecule has 1 N–H and O–H groups in total. The van der Waals surface area contributed by atoms with Gasteiger partial charge < -0.3 is 10.0 Å². The van der Waals surface area contributed by atoms with Crippen LogP contribution in [-0.2, 0) is 4.79 Å². The predicted molar refractivity (Wildman–Crippen MR) is 78.4 cm³/mol. The zero-order valence-corrected chi connectivity index (χ0v) is 12.1. The van der Waals surface area contributed by atoms with Gasteiger partial charge in [-0.2, -0.15) is 11.8 Å². The molecule has 0 heterocycles. The number of hydrogen-bond acceptors (Lipinski definition) is 3. The Bertz CT molecular complexity index is 531. The van der Waals surface area contributed by atoms with E-state index in [4.69, 9.17) is 5.11 Å². The number of aliphatic carboxylic acids is 1. The van der Waals surface area contributed by atoms with E-state index in [9.17, 15) is 14.0 Å². The maximum absolute atomic E-state index is 13.9. The monoisotopic (exact) mass is 297 g/mol. The fraction of sp³-hybridized carbons (Fsp3) is 0.286. The first kappa shape index (κ1) is 16.2. The number of halogens is 1. The summed E-state index contributed by atoms with van der Waals surface area (Å²) in [5.41, 5.74) is 0.384. The first-order chi connectivity index (χ1) is 9.45. The highest BCUT2D eigenvalue weighted by atomic mass is 32.2. The first-order valence-corrected chi connectivity index (χ1v) is 7.30. The van der Waals surface area contributed by atoms with Gasteiger partial charge in [0, 0.05) is 25.4 Å². The molecule has 1 amide bonds. The van der Waals surface area contributed by atoms with Gasteiger partial charge in [0.25, 0.3) is 5.91 Å². The number of carbonyl (C=O) groups is 2. The molecule has 0 saturated carbocycles. The van der Waals surface area contributed by atoms with Gasteiger partial charge in [-0.15, -0.1) is 0 Å². The number of amides is 1. The lowest BCUT2D eigenvalue weighted by Crippen LogP contribution is -2.29. The third kappa shape index (κ3) is 4.70. The average molecular weight is 297 g/mol. The molecule has 6 heteroatoms. The second-order valence-corrected chi connectivity index (χ2v) is 5.12. The van der Waals surface area contributed by atoms with E-state index in [2.05, 4.69) is 0 Å². The van der Waals surface area contributed by atoms with Gasteiger partial charge in [0.15, 0.2) is 0 Å². The fourth-order valence-corrected chi connectivity index (χ4v) is 1.97. The predicted octanol–water partition coefficient (Wildman–Crippen LogP) is 2.36. The first-order valence-electron chi connectivity index (χ1n) is 5.90. The summed E-state index contributed by atoms with van der Waals surface area (Å²) in [6.45, 7) is 0.542. The van der Waals surface area contributed by atoms with E-state index >= 15 is 0 Å². The molecule has 108 valence electrons. The van der Waals surface area contributed by atoms with Gasteiger partial charge in [-0.1, -0.05) is 6.07 Å². The number of benzene rings is 1. The second-order valence-electron chi connectivity index (χ2n) is 4.13. The van der Waals surface area contributed by atoms with Gasteiger partial charge in [0.1, 0.15) is 5.82 Å². The molecular formula is C14H16FNO3S. The van der Waals surface area contributed by atoms with Gasteiger partial charge in [-0.3, -0.25) is 4.79 Å². The maximum atomic E-state index is 13.9. The van der Waals surface area contributed by atoms with Crippen molar-refractivity contribution in [3.63, 3.8) is 0 Å². The van der Waals surface area contributed by atoms with E-state index in [0.29, 0.717) is 12.1 Å². The Labute approximate surface area is 121 Å². The summed E-state index contributed by atoms with van der Waals surface area (Å²) in [4.78, 5) is 23.9. The molecule has 0 aliphatic heterocycles. The molecule has 4 nitrogen and oxygen atoms in total.